The second kappa shape index (κ2) is 9.58. The SMILES string of the molecule is C[C@@H](CS(=O)(=O)CCCOCN1CC(=O)NC1=O)c1cccc(OCC2CC2)c1. The summed E-state index contributed by atoms with van der Waals surface area (Å²) < 4.78 is 36.0. The first-order valence-electron chi connectivity index (χ1n) is 9.92. The van der Waals surface area contributed by atoms with Gasteiger partial charge in [-0.15, -0.1) is 0 Å². The monoisotopic (exact) mass is 424 g/mol. The summed E-state index contributed by atoms with van der Waals surface area (Å²) in [5.41, 5.74) is 0.947. The lowest BCUT2D eigenvalue weighted by atomic mass is 10.0. The number of hydrogen-bond acceptors (Lipinski definition) is 6. The summed E-state index contributed by atoms with van der Waals surface area (Å²) >= 11 is 0. The fraction of sp³-hybridized carbons (Fsp3) is 0.600. The van der Waals surface area contributed by atoms with Crippen LogP contribution in [0.4, 0.5) is 4.79 Å². The second-order valence-corrected chi connectivity index (χ2v) is 10.0. The van der Waals surface area contributed by atoms with Gasteiger partial charge in [-0.2, -0.15) is 0 Å². The van der Waals surface area contributed by atoms with Gasteiger partial charge in [-0.1, -0.05) is 19.1 Å². The third-order valence-electron chi connectivity index (χ3n) is 4.97. The quantitative estimate of drug-likeness (QED) is 0.406. The normalized spacial score (nSPS) is 18.0. The number of carbonyl (C=O) groups is 2. The summed E-state index contributed by atoms with van der Waals surface area (Å²) in [6.07, 6.45) is 2.78. The molecule has 160 valence electrons. The zero-order chi connectivity index (χ0) is 20.9. The molecule has 9 heteroatoms. The molecule has 0 spiro atoms. The molecule has 3 amide bonds. The van der Waals surface area contributed by atoms with E-state index in [-0.39, 0.29) is 43.2 Å². The molecule has 1 saturated carbocycles. The third kappa shape index (κ3) is 7.01. The van der Waals surface area contributed by atoms with E-state index in [4.69, 9.17) is 9.47 Å². The van der Waals surface area contributed by atoms with Gasteiger partial charge < -0.3 is 9.47 Å². The number of nitrogens with one attached hydrogen (secondary N) is 1. The molecular weight excluding hydrogens is 396 g/mol. The van der Waals surface area contributed by atoms with E-state index in [1.54, 1.807) is 0 Å². The van der Waals surface area contributed by atoms with Crippen LogP contribution >= 0.6 is 0 Å². The zero-order valence-electron chi connectivity index (χ0n) is 16.6. The molecule has 2 aliphatic rings. The number of urea groups is 1. The third-order valence-corrected chi connectivity index (χ3v) is 6.89. The Morgan fingerprint density at radius 1 is 1.28 bits per heavy atom. The van der Waals surface area contributed by atoms with Gasteiger partial charge in [0.05, 0.1) is 18.1 Å². The summed E-state index contributed by atoms with van der Waals surface area (Å²) in [6, 6.07) is 7.16. The molecule has 1 aliphatic heterocycles. The minimum atomic E-state index is -3.24. The first kappa shape index (κ1) is 21.6. The molecule has 1 N–H and O–H groups in total. The number of hydrogen-bond donors (Lipinski definition) is 1. The van der Waals surface area contributed by atoms with Gasteiger partial charge in [0.15, 0.2) is 9.84 Å². The van der Waals surface area contributed by atoms with E-state index in [0.717, 1.165) is 17.9 Å². The lowest BCUT2D eigenvalue weighted by Crippen LogP contribution is -2.30. The Labute approximate surface area is 171 Å². The van der Waals surface area contributed by atoms with Gasteiger partial charge in [0, 0.05) is 6.61 Å². The summed E-state index contributed by atoms with van der Waals surface area (Å²) in [5, 5.41) is 2.15. The van der Waals surface area contributed by atoms with Crippen molar-refractivity contribution in [1.29, 1.82) is 0 Å². The van der Waals surface area contributed by atoms with Crippen molar-refractivity contribution < 1.29 is 27.5 Å². The molecule has 1 atom stereocenters. The lowest BCUT2D eigenvalue weighted by molar-refractivity contribution is -0.118. The van der Waals surface area contributed by atoms with Crippen LogP contribution in [-0.4, -0.2) is 63.3 Å². The van der Waals surface area contributed by atoms with Gasteiger partial charge in [0.25, 0.3) is 0 Å². The maximum Gasteiger partial charge on any atom is 0.326 e. The molecule has 0 unspecified atom stereocenters. The van der Waals surface area contributed by atoms with E-state index in [0.29, 0.717) is 12.3 Å². The van der Waals surface area contributed by atoms with E-state index in [1.807, 2.05) is 31.2 Å². The smallest absolute Gasteiger partial charge is 0.326 e. The fourth-order valence-electron chi connectivity index (χ4n) is 3.11. The highest BCUT2D eigenvalue weighted by molar-refractivity contribution is 7.91. The van der Waals surface area contributed by atoms with Crippen LogP contribution in [0, 0.1) is 5.92 Å². The maximum atomic E-state index is 12.4. The second-order valence-electron chi connectivity index (χ2n) is 7.78. The summed E-state index contributed by atoms with van der Waals surface area (Å²) in [4.78, 5) is 23.7. The van der Waals surface area contributed by atoms with E-state index >= 15 is 0 Å². The standard InChI is InChI=1S/C20H28N2O6S/c1-15(17-4-2-5-18(10-17)28-12-16-6-7-16)13-29(25,26)9-3-8-27-14-22-11-19(23)21-20(22)24/h2,4-5,10,15-16H,3,6-9,11-14H2,1H3,(H,21,23,24)/t15-/m0/s1. The number of carbonyl (C=O) groups excluding carboxylic acids is 2. The minimum Gasteiger partial charge on any atom is -0.493 e. The average Bonchev–Trinajstić information content (AvgIpc) is 3.44. The van der Waals surface area contributed by atoms with Crippen molar-refractivity contribution in [3.8, 4) is 5.75 Å². The summed E-state index contributed by atoms with van der Waals surface area (Å²) in [7, 11) is -3.24. The molecule has 1 aliphatic carbocycles. The van der Waals surface area contributed by atoms with Gasteiger partial charge in [0.2, 0.25) is 5.91 Å². The van der Waals surface area contributed by atoms with Crippen LogP contribution in [0.3, 0.4) is 0 Å². The number of amides is 3. The molecule has 1 saturated heterocycles. The van der Waals surface area contributed by atoms with Crippen LogP contribution in [0.2, 0.25) is 0 Å². The molecule has 1 heterocycles. The molecule has 8 nitrogen and oxygen atoms in total. The molecule has 0 bridgehead atoms. The maximum absolute atomic E-state index is 12.4. The van der Waals surface area contributed by atoms with Gasteiger partial charge in [-0.25, -0.2) is 13.2 Å². The predicted octanol–water partition coefficient (Wildman–Crippen LogP) is 1.91. The highest BCUT2D eigenvalue weighted by atomic mass is 32.2. The van der Waals surface area contributed by atoms with Gasteiger partial charge in [-0.3, -0.25) is 15.0 Å². The Balaban J connectivity index is 1.38. The van der Waals surface area contributed by atoms with Crippen LogP contribution in [0.15, 0.2) is 24.3 Å². The number of benzene rings is 1. The highest BCUT2D eigenvalue weighted by Gasteiger charge is 2.26. The number of sulfone groups is 1. The molecule has 1 aromatic carbocycles. The first-order chi connectivity index (χ1) is 13.8. The van der Waals surface area contributed by atoms with Crippen molar-refractivity contribution >= 4 is 21.8 Å². The van der Waals surface area contributed by atoms with E-state index in [9.17, 15) is 18.0 Å². The van der Waals surface area contributed by atoms with Gasteiger partial charge >= 0.3 is 6.03 Å². The van der Waals surface area contributed by atoms with E-state index in [2.05, 4.69) is 5.32 Å². The molecule has 0 aromatic heterocycles. The molecule has 0 radical (unpaired) electrons. The number of imide groups is 1. The Hall–Kier alpha value is -2.13. The van der Waals surface area contributed by atoms with Gasteiger partial charge in [0.1, 0.15) is 19.0 Å². The number of nitrogens with zero attached hydrogens (tertiary/aromatic N) is 1. The van der Waals surface area contributed by atoms with Gasteiger partial charge in [-0.05, 0) is 48.8 Å². The minimum absolute atomic E-state index is 0.0142. The Bertz CT molecular complexity index is 837. The van der Waals surface area contributed by atoms with Crippen molar-refractivity contribution in [2.75, 3.05) is 38.0 Å². The van der Waals surface area contributed by atoms with E-state index in [1.165, 1.54) is 17.7 Å². The van der Waals surface area contributed by atoms with Crippen LogP contribution in [0.1, 0.15) is 37.7 Å². The van der Waals surface area contributed by atoms with Crippen molar-refractivity contribution in [2.24, 2.45) is 5.92 Å². The Morgan fingerprint density at radius 3 is 2.76 bits per heavy atom. The zero-order valence-corrected chi connectivity index (χ0v) is 17.4. The molecule has 1 aromatic rings. The van der Waals surface area contributed by atoms with Crippen LogP contribution < -0.4 is 10.1 Å². The largest absolute Gasteiger partial charge is 0.493 e. The Morgan fingerprint density at radius 2 is 2.07 bits per heavy atom. The van der Waals surface area contributed by atoms with Crippen LogP contribution in [0.25, 0.3) is 0 Å². The van der Waals surface area contributed by atoms with Crippen LogP contribution in [0.5, 0.6) is 5.75 Å². The summed E-state index contributed by atoms with van der Waals surface area (Å²) in [6.45, 7) is 2.77. The summed E-state index contributed by atoms with van der Waals surface area (Å²) in [5.74, 6) is 1.03. The predicted molar refractivity (Wildman–Crippen MR) is 107 cm³/mol. The fourth-order valence-corrected chi connectivity index (χ4v) is 4.79. The molecular formula is C20H28N2O6S. The molecule has 2 fully saturated rings. The van der Waals surface area contributed by atoms with Crippen LogP contribution in [-0.2, 0) is 19.4 Å². The molecule has 3 rings (SSSR count). The van der Waals surface area contributed by atoms with Crippen molar-refractivity contribution in [3.05, 3.63) is 29.8 Å². The highest BCUT2D eigenvalue weighted by Crippen LogP contribution is 2.30. The Kier molecular flexibility index (Phi) is 7.13. The van der Waals surface area contributed by atoms with Crippen molar-refractivity contribution in [1.82, 2.24) is 10.2 Å². The topological polar surface area (TPSA) is 102 Å². The molecule has 29 heavy (non-hydrogen) atoms. The first-order valence-corrected chi connectivity index (χ1v) is 11.7. The number of rotatable bonds is 12. The van der Waals surface area contributed by atoms with E-state index < -0.39 is 15.9 Å². The van der Waals surface area contributed by atoms with Crippen molar-refractivity contribution in [3.63, 3.8) is 0 Å². The number of ether oxygens (including phenoxy) is 2. The lowest BCUT2D eigenvalue weighted by Gasteiger charge is -2.15. The average molecular weight is 425 g/mol. The van der Waals surface area contributed by atoms with Crippen molar-refractivity contribution in [2.45, 2.75) is 32.1 Å².